The van der Waals surface area contributed by atoms with Gasteiger partial charge in [0.05, 0.1) is 0 Å². The lowest BCUT2D eigenvalue weighted by atomic mass is 9.72. The number of para-hydroxylation sites is 1. The van der Waals surface area contributed by atoms with Crippen LogP contribution in [-0.2, 0) is 16.1 Å². The Morgan fingerprint density at radius 1 is 1.11 bits per heavy atom. The van der Waals surface area contributed by atoms with Gasteiger partial charge < -0.3 is 14.6 Å². The van der Waals surface area contributed by atoms with Gasteiger partial charge in [-0.25, -0.2) is 0 Å². The van der Waals surface area contributed by atoms with Crippen molar-refractivity contribution in [2.75, 3.05) is 7.11 Å². The number of benzene rings is 2. The number of allylic oxidation sites excluding steroid dienone is 2. The Morgan fingerprint density at radius 3 is 2.52 bits per heavy atom. The van der Waals surface area contributed by atoms with Crippen LogP contribution < -0.4 is 4.74 Å². The SMILES string of the molecule is COC1(C(C)c2ccccc2OCc2ccccc2)C=CC=CC1C(=O)O. The van der Waals surface area contributed by atoms with E-state index in [1.54, 1.807) is 19.3 Å². The van der Waals surface area contributed by atoms with Gasteiger partial charge in [0, 0.05) is 18.6 Å². The second-order valence-electron chi connectivity index (χ2n) is 6.65. The number of rotatable bonds is 7. The van der Waals surface area contributed by atoms with Gasteiger partial charge in [-0.15, -0.1) is 0 Å². The molecule has 27 heavy (non-hydrogen) atoms. The minimum Gasteiger partial charge on any atom is -0.489 e. The third kappa shape index (κ3) is 3.81. The van der Waals surface area contributed by atoms with Crippen molar-refractivity contribution >= 4 is 5.97 Å². The standard InChI is InChI=1S/C23H24O4/c1-17(23(26-2)15-9-8-13-20(23)22(24)25)19-12-6-7-14-21(19)27-16-18-10-4-3-5-11-18/h3-15,17,20H,16H2,1-2H3,(H,24,25). The Bertz CT molecular complexity index is 840. The molecule has 0 radical (unpaired) electrons. The van der Waals surface area contributed by atoms with Crippen molar-refractivity contribution in [1.82, 2.24) is 0 Å². The van der Waals surface area contributed by atoms with Gasteiger partial charge in [0.15, 0.2) is 0 Å². The van der Waals surface area contributed by atoms with Gasteiger partial charge in [-0.2, -0.15) is 0 Å². The summed E-state index contributed by atoms with van der Waals surface area (Å²) in [6.45, 7) is 2.43. The first-order valence-electron chi connectivity index (χ1n) is 8.98. The van der Waals surface area contributed by atoms with Crippen LogP contribution in [0.15, 0.2) is 78.9 Å². The van der Waals surface area contributed by atoms with E-state index < -0.39 is 17.5 Å². The van der Waals surface area contributed by atoms with Crippen molar-refractivity contribution < 1.29 is 19.4 Å². The zero-order valence-corrected chi connectivity index (χ0v) is 15.5. The van der Waals surface area contributed by atoms with Gasteiger partial charge in [0.25, 0.3) is 0 Å². The average molecular weight is 364 g/mol. The molecule has 140 valence electrons. The fourth-order valence-electron chi connectivity index (χ4n) is 3.64. The maximum Gasteiger partial charge on any atom is 0.313 e. The lowest BCUT2D eigenvalue weighted by molar-refractivity contribution is -0.149. The molecular weight excluding hydrogens is 340 g/mol. The molecule has 4 nitrogen and oxygen atoms in total. The highest BCUT2D eigenvalue weighted by Gasteiger charge is 2.46. The van der Waals surface area contributed by atoms with Crippen molar-refractivity contribution in [3.8, 4) is 5.75 Å². The molecule has 0 spiro atoms. The Labute approximate surface area is 159 Å². The summed E-state index contributed by atoms with van der Waals surface area (Å²) in [5, 5.41) is 9.73. The summed E-state index contributed by atoms with van der Waals surface area (Å²) in [6.07, 6.45) is 7.10. The predicted molar refractivity (Wildman–Crippen MR) is 105 cm³/mol. The first kappa shape index (κ1) is 18.9. The highest BCUT2D eigenvalue weighted by molar-refractivity contribution is 5.75. The second kappa shape index (κ2) is 8.23. The van der Waals surface area contributed by atoms with Gasteiger partial charge in [0.2, 0.25) is 0 Å². The molecule has 0 aromatic heterocycles. The monoisotopic (exact) mass is 364 g/mol. The summed E-state index contributed by atoms with van der Waals surface area (Å²) >= 11 is 0. The van der Waals surface area contributed by atoms with E-state index in [4.69, 9.17) is 9.47 Å². The van der Waals surface area contributed by atoms with Crippen molar-refractivity contribution in [2.45, 2.75) is 25.0 Å². The number of ether oxygens (including phenoxy) is 2. The summed E-state index contributed by atoms with van der Waals surface area (Å²) in [4.78, 5) is 11.9. The number of methoxy groups -OCH3 is 1. The van der Waals surface area contributed by atoms with Crippen LogP contribution in [0.3, 0.4) is 0 Å². The molecule has 2 aromatic carbocycles. The second-order valence-corrected chi connectivity index (χ2v) is 6.65. The molecule has 0 aliphatic heterocycles. The van der Waals surface area contributed by atoms with Gasteiger partial charge >= 0.3 is 5.97 Å². The van der Waals surface area contributed by atoms with Crippen molar-refractivity contribution in [2.24, 2.45) is 5.92 Å². The first-order valence-corrected chi connectivity index (χ1v) is 8.98. The van der Waals surface area contributed by atoms with Crippen LogP contribution in [0.1, 0.15) is 24.0 Å². The molecule has 0 saturated carbocycles. The molecule has 0 bridgehead atoms. The van der Waals surface area contributed by atoms with Crippen LogP contribution >= 0.6 is 0 Å². The number of hydrogen-bond acceptors (Lipinski definition) is 3. The largest absolute Gasteiger partial charge is 0.489 e. The molecular formula is C23H24O4. The van der Waals surface area contributed by atoms with Gasteiger partial charge in [-0.05, 0) is 11.6 Å². The predicted octanol–water partition coefficient (Wildman–Crippen LogP) is 4.58. The lowest BCUT2D eigenvalue weighted by Gasteiger charge is -2.40. The number of carboxylic acids is 1. The summed E-state index contributed by atoms with van der Waals surface area (Å²) in [6, 6.07) is 17.7. The van der Waals surface area contributed by atoms with Crippen molar-refractivity contribution in [3.63, 3.8) is 0 Å². The third-order valence-electron chi connectivity index (χ3n) is 5.18. The number of aliphatic carboxylic acids is 1. The summed E-state index contributed by atoms with van der Waals surface area (Å²) in [5.41, 5.74) is 1.01. The van der Waals surface area contributed by atoms with E-state index in [1.165, 1.54) is 0 Å². The highest BCUT2D eigenvalue weighted by atomic mass is 16.5. The van der Waals surface area contributed by atoms with Crippen molar-refractivity contribution in [1.29, 1.82) is 0 Å². The highest BCUT2D eigenvalue weighted by Crippen LogP contribution is 2.43. The summed E-state index contributed by atoms with van der Waals surface area (Å²) in [5.74, 6) is -1.18. The zero-order chi connectivity index (χ0) is 19.3. The van der Waals surface area contributed by atoms with Gasteiger partial charge in [-0.3, -0.25) is 4.79 Å². The normalized spacial score (nSPS) is 22.4. The Morgan fingerprint density at radius 2 is 1.81 bits per heavy atom. The number of hydrogen-bond donors (Lipinski definition) is 1. The molecule has 3 unspecified atom stereocenters. The van der Waals surface area contributed by atoms with Crippen LogP contribution in [0.25, 0.3) is 0 Å². The molecule has 3 rings (SSSR count). The van der Waals surface area contributed by atoms with Gasteiger partial charge in [0.1, 0.15) is 23.9 Å². The Kier molecular flexibility index (Phi) is 5.77. The maximum absolute atomic E-state index is 11.9. The van der Waals surface area contributed by atoms with E-state index in [9.17, 15) is 9.90 Å². The molecule has 0 saturated heterocycles. The average Bonchev–Trinajstić information content (AvgIpc) is 2.72. The van der Waals surface area contributed by atoms with Crippen LogP contribution in [0.4, 0.5) is 0 Å². The Hall–Kier alpha value is -2.85. The van der Waals surface area contributed by atoms with Crippen LogP contribution in [-0.4, -0.2) is 23.8 Å². The first-order chi connectivity index (χ1) is 13.1. The Balaban J connectivity index is 1.92. The quantitative estimate of drug-likeness (QED) is 0.781. The maximum atomic E-state index is 11.9. The molecule has 2 aromatic rings. The molecule has 1 aliphatic carbocycles. The van der Waals surface area contributed by atoms with Crippen LogP contribution in [0.2, 0.25) is 0 Å². The van der Waals surface area contributed by atoms with Crippen molar-refractivity contribution in [3.05, 3.63) is 90.0 Å². The minimum absolute atomic E-state index is 0.225. The summed E-state index contributed by atoms with van der Waals surface area (Å²) < 4.78 is 11.9. The van der Waals surface area contributed by atoms with E-state index in [0.29, 0.717) is 6.61 Å². The smallest absolute Gasteiger partial charge is 0.313 e. The molecule has 0 fully saturated rings. The van der Waals surface area contributed by atoms with E-state index in [0.717, 1.165) is 16.9 Å². The topological polar surface area (TPSA) is 55.8 Å². The molecule has 1 aliphatic rings. The molecule has 1 N–H and O–H groups in total. The minimum atomic E-state index is -0.979. The van der Waals surface area contributed by atoms with E-state index in [1.807, 2.05) is 73.7 Å². The molecule has 0 amide bonds. The molecule has 3 atom stereocenters. The fraction of sp³-hybridized carbons (Fsp3) is 0.261. The molecule has 0 heterocycles. The number of carbonyl (C=O) groups is 1. The van der Waals surface area contributed by atoms with Gasteiger partial charge in [-0.1, -0.05) is 79.8 Å². The lowest BCUT2D eigenvalue weighted by Crippen LogP contribution is -2.46. The molecule has 4 heteroatoms. The third-order valence-corrected chi connectivity index (χ3v) is 5.18. The fourth-order valence-corrected chi connectivity index (χ4v) is 3.64. The summed E-state index contributed by atoms with van der Waals surface area (Å²) in [7, 11) is 1.56. The zero-order valence-electron chi connectivity index (χ0n) is 15.5. The van der Waals surface area contributed by atoms with E-state index in [2.05, 4.69) is 0 Å². The van der Waals surface area contributed by atoms with Crippen LogP contribution in [0, 0.1) is 5.92 Å². The van der Waals surface area contributed by atoms with E-state index >= 15 is 0 Å². The number of carboxylic acid groups (broad SMARTS) is 1. The van der Waals surface area contributed by atoms with E-state index in [-0.39, 0.29) is 5.92 Å². The van der Waals surface area contributed by atoms with Crippen LogP contribution in [0.5, 0.6) is 5.75 Å².